The van der Waals surface area contributed by atoms with Gasteiger partial charge in [0, 0.05) is 12.1 Å². The van der Waals surface area contributed by atoms with Crippen LogP contribution in [0.2, 0.25) is 5.02 Å². The van der Waals surface area contributed by atoms with Gasteiger partial charge in [-0.25, -0.2) is 0 Å². The summed E-state index contributed by atoms with van der Waals surface area (Å²) < 4.78 is 10.9. The number of halogens is 1. The van der Waals surface area contributed by atoms with Crippen LogP contribution in [0, 0.1) is 6.92 Å². The van der Waals surface area contributed by atoms with Crippen LogP contribution in [-0.4, -0.2) is 44.1 Å². The number of benzene rings is 1. The van der Waals surface area contributed by atoms with Gasteiger partial charge in [0.25, 0.3) is 0 Å². The summed E-state index contributed by atoms with van der Waals surface area (Å²) in [6.45, 7) is 9.76. The molecule has 4 nitrogen and oxygen atoms in total. The predicted octanol–water partition coefficient (Wildman–Crippen LogP) is 2.11. The summed E-state index contributed by atoms with van der Waals surface area (Å²) >= 11 is 6.19. The molecule has 3 N–H and O–H groups in total. The van der Waals surface area contributed by atoms with Crippen molar-refractivity contribution in [1.82, 2.24) is 0 Å². The van der Waals surface area contributed by atoms with Crippen molar-refractivity contribution < 1.29 is 19.9 Å². The molecule has 0 heterocycles. The van der Waals surface area contributed by atoms with Gasteiger partial charge >= 0.3 is 0 Å². The maximum Gasteiger partial charge on any atom is 0.137 e. The molecule has 0 unspecified atom stereocenters. The first-order chi connectivity index (χ1) is 10.3. The first kappa shape index (κ1) is 19.2. The summed E-state index contributed by atoms with van der Waals surface area (Å²) in [5, 5.41) is 12.9. The second kappa shape index (κ2) is 9.36. The molecule has 1 aromatic rings. The zero-order valence-corrected chi connectivity index (χ0v) is 15.0. The number of methoxy groups -OCH3 is 1. The highest BCUT2D eigenvalue weighted by Crippen LogP contribution is 2.32. The maximum absolute atomic E-state index is 10.1. The monoisotopic (exact) mass is 330 g/mol. The van der Waals surface area contributed by atoms with Crippen LogP contribution in [0.15, 0.2) is 12.1 Å². The van der Waals surface area contributed by atoms with Crippen LogP contribution in [-0.2, 0) is 4.74 Å². The molecule has 22 heavy (non-hydrogen) atoms. The Balaban J connectivity index is 2.58. The van der Waals surface area contributed by atoms with E-state index in [2.05, 4.69) is 26.1 Å². The molecule has 0 spiro atoms. The van der Waals surface area contributed by atoms with Crippen molar-refractivity contribution in [3.05, 3.63) is 28.3 Å². The van der Waals surface area contributed by atoms with Crippen LogP contribution in [0.25, 0.3) is 0 Å². The number of rotatable bonds is 9. The van der Waals surface area contributed by atoms with E-state index in [9.17, 15) is 5.11 Å². The summed E-state index contributed by atoms with van der Waals surface area (Å²) in [6, 6.07) is 4.22. The van der Waals surface area contributed by atoms with Gasteiger partial charge in [0.1, 0.15) is 31.0 Å². The van der Waals surface area contributed by atoms with E-state index in [1.54, 1.807) is 7.11 Å². The van der Waals surface area contributed by atoms with Gasteiger partial charge in [-0.2, -0.15) is 0 Å². The lowest BCUT2D eigenvalue weighted by Gasteiger charge is -2.18. The van der Waals surface area contributed by atoms with Crippen LogP contribution in [0.4, 0.5) is 0 Å². The molecular formula is C17H29ClNO3+. The van der Waals surface area contributed by atoms with Crippen LogP contribution in [0.1, 0.15) is 37.8 Å². The topological polar surface area (TPSA) is 55.3 Å². The molecule has 0 bridgehead atoms. The van der Waals surface area contributed by atoms with Gasteiger partial charge in [-0.3, -0.25) is 0 Å². The highest BCUT2D eigenvalue weighted by atomic mass is 35.5. The van der Waals surface area contributed by atoms with Crippen LogP contribution < -0.4 is 10.1 Å². The third kappa shape index (κ3) is 6.13. The Bertz CT molecular complexity index is 465. The second-order valence-corrected chi connectivity index (χ2v) is 6.57. The van der Waals surface area contributed by atoms with E-state index in [0.29, 0.717) is 25.1 Å². The SMILES string of the molecule is COC[C@H](C)[NH2+]C[C@@H](O)COc1cc(C)c(Cl)cc1C(C)C. The fraction of sp³-hybridized carbons (Fsp3) is 0.647. The van der Waals surface area contributed by atoms with E-state index in [4.69, 9.17) is 21.1 Å². The Labute approximate surface area is 138 Å². The van der Waals surface area contributed by atoms with Gasteiger partial charge in [0.05, 0.1) is 6.61 Å². The summed E-state index contributed by atoms with van der Waals surface area (Å²) in [5.74, 6) is 1.12. The van der Waals surface area contributed by atoms with Gasteiger partial charge in [0.2, 0.25) is 0 Å². The minimum atomic E-state index is -0.518. The average molecular weight is 331 g/mol. The Morgan fingerprint density at radius 2 is 1.91 bits per heavy atom. The minimum Gasteiger partial charge on any atom is -0.490 e. The van der Waals surface area contributed by atoms with Gasteiger partial charge in [-0.15, -0.1) is 0 Å². The number of aliphatic hydroxyl groups excluding tert-OH is 1. The molecule has 1 aromatic carbocycles. The molecule has 0 saturated heterocycles. The van der Waals surface area contributed by atoms with Gasteiger partial charge in [-0.05, 0) is 43.0 Å². The molecule has 0 saturated carbocycles. The molecule has 0 radical (unpaired) electrons. The van der Waals surface area contributed by atoms with E-state index in [1.807, 2.05) is 19.1 Å². The van der Waals surface area contributed by atoms with Crippen molar-refractivity contribution in [3.8, 4) is 5.75 Å². The van der Waals surface area contributed by atoms with Gasteiger partial charge in [0.15, 0.2) is 0 Å². The zero-order valence-electron chi connectivity index (χ0n) is 14.2. The van der Waals surface area contributed by atoms with Crippen LogP contribution >= 0.6 is 11.6 Å². The molecule has 0 aliphatic carbocycles. The van der Waals surface area contributed by atoms with Crippen LogP contribution in [0.5, 0.6) is 5.75 Å². The largest absolute Gasteiger partial charge is 0.490 e. The Morgan fingerprint density at radius 1 is 1.23 bits per heavy atom. The van der Waals surface area contributed by atoms with Crippen LogP contribution in [0.3, 0.4) is 0 Å². The first-order valence-corrected chi connectivity index (χ1v) is 8.16. The Kier molecular flexibility index (Phi) is 8.18. The number of ether oxygens (including phenoxy) is 2. The summed E-state index contributed by atoms with van der Waals surface area (Å²) in [6.07, 6.45) is -0.518. The lowest BCUT2D eigenvalue weighted by Crippen LogP contribution is -2.92. The molecule has 0 amide bonds. The maximum atomic E-state index is 10.1. The predicted molar refractivity (Wildman–Crippen MR) is 89.9 cm³/mol. The number of aryl methyl sites for hydroxylation is 1. The molecule has 126 valence electrons. The third-order valence-electron chi connectivity index (χ3n) is 3.58. The van der Waals surface area contributed by atoms with Gasteiger partial charge in [-0.1, -0.05) is 25.4 Å². The number of hydrogen-bond acceptors (Lipinski definition) is 3. The lowest BCUT2D eigenvalue weighted by atomic mass is 10.0. The Hall–Kier alpha value is -0.810. The average Bonchev–Trinajstić information content (AvgIpc) is 2.46. The Morgan fingerprint density at radius 3 is 2.50 bits per heavy atom. The molecule has 5 heteroatoms. The highest BCUT2D eigenvalue weighted by molar-refractivity contribution is 6.31. The summed E-state index contributed by atoms with van der Waals surface area (Å²) in [5.41, 5.74) is 2.05. The van der Waals surface area contributed by atoms with Crippen molar-refractivity contribution in [1.29, 1.82) is 0 Å². The van der Waals surface area contributed by atoms with Crippen molar-refractivity contribution in [2.75, 3.05) is 26.9 Å². The summed E-state index contributed by atoms with van der Waals surface area (Å²) in [7, 11) is 1.68. The van der Waals surface area contributed by atoms with E-state index in [0.717, 1.165) is 21.9 Å². The van der Waals surface area contributed by atoms with E-state index in [-0.39, 0.29) is 6.61 Å². The normalized spacial score (nSPS) is 14.2. The van der Waals surface area contributed by atoms with Crippen molar-refractivity contribution in [3.63, 3.8) is 0 Å². The number of aliphatic hydroxyl groups is 1. The van der Waals surface area contributed by atoms with E-state index < -0.39 is 6.10 Å². The molecule has 1 rings (SSSR count). The standard InChI is InChI=1S/C17H28ClNO3/c1-11(2)15-7-16(18)12(3)6-17(15)22-10-14(20)8-19-13(4)9-21-5/h6-7,11,13-14,19-20H,8-10H2,1-5H3/p+1/t13-,14+/m0/s1. The smallest absolute Gasteiger partial charge is 0.137 e. The first-order valence-electron chi connectivity index (χ1n) is 7.78. The zero-order chi connectivity index (χ0) is 16.7. The van der Waals surface area contributed by atoms with Crippen molar-refractivity contribution in [2.45, 2.75) is 45.8 Å². The minimum absolute atomic E-state index is 0.275. The van der Waals surface area contributed by atoms with Crippen molar-refractivity contribution >= 4 is 11.6 Å². The number of nitrogens with two attached hydrogens (primary N) is 1. The molecule has 0 fully saturated rings. The lowest BCUT2D eigenvalue weighted by molar-refractivity contribution is -0.693. The van der Waals surface area contributed by atoms with Gasteiger partial charge < -0.3 is 19.9 Å². The molecule has 0 aromatic heterocycles. The summed E-state index contributed by atoms with van der Waals surface area (Å²) in [4.78, 5) is 0. The quantitative estimate of drug-likeness (QED) is 0.729. The van der Waals surface area contributed by atoms with E-state index in [1.165, 1.54) is 0 Å². The van der Waals surface area contributed by atoms with Crippen molar-refractivity contribution in [2.24, 2.45) is 0 Å². The number of quaternary nitrogens is 1. The second-order valence-electron chi connectivity index (χ2n) is 6.16. The molecular weight excluding hydrogens is 302 g/mol. The molecule has 2 atom stereocenters. The molecule has 0 aliphatic heterocycles. The fourth-order valence-electron chi connectivity index (χ4n) is 2.22. The molecule has 0 aliphatic rings. The fourth-order valence-corrected chi connectivity index (χ4v) is 2.39. The number of hydrogen-bond donors (Lipinski definition) is 2. The van der Waals surface area contributed by atoms with E-state index >= 15 is 0 Å². The third-order valence-corrected chi connectivity index (χ3v) is 3.99. The highest BCUT2D eigenvalue weighted by Gasteiger charge is 2.15.